The number of rotatable bonds is 4. The van der Waals surface area contributed by atoms with Crippen molar-refractivity contribution in [1.29, 1.82) is 0 Å². The largest absolute Gasteiger partial charge is 0.301 e. The Balaban J connectivity index is 1.70. The lowest BCUT2D eigenvalue weighted by molar-refractivity contribution is 0.259. The minimum Gasteiger partial charge on any atom is -0.301 e. The predicted molar refractivity (Wildman–Crippen MR) is 91.9 cm³/mol. The van der Waals surface area contributed by atoms with E-state index < -0.39 is 0 Å². The number of halogens is 1. The van der Waals surface area contributed by atoms with Crippen molar-refractivity contribution in [3.63, 3.8) is 0 Å². The molecule has 0 atom stereocenters. The number of nitrogens with zero attached hydrogens (tertiary/aromatic N) is 3. The summed E-state index contributed by atoms with van der Waals surface area (Å²) >= 11 is 3.54. The Morgan fingerprint density at radius 1 is 1.00 bits per heavy atom. The van der Waals surface area contributed by atoms with Crippen LogP contribution in [0, 0.1) is 0 Å². The van der Waals surface area contributed by atoms with Crippen LogP contribution in [0.25, 0.3) is 10.9 Å². The van der Waals surface area contributed by atoms with Crippen molar-refractivity contribution >= 4 is 26.8 Å². The molecular formula is C17H22BrN3. The lowest BCUT2D eigenvalue weighted by Crippen LogP contribution is -2.31. The molecule has 0 bridgehead atoms. The zero-order valence-corrected chi connectivity index (χ0v) is 13.9. The molecule has 1 fully saturated rings. The highest BCUT2D eigenvalue weighted by atomic mass is 79.9. The zero-order valence-electron chi connectivity index (χ0n) is 12.3. The van der Waals surface area contributed by atoms with Crippen molar-refractivity contribution in [2.45, 2.75) is 13.0 Å². The number of alkyl halides is 1. The number of hydrogen-bond donors (Lipinski definition) is 0. The van der Waals surface area contributed by atoms with E-state index in [1.165, 1.54) is 37.0 Å². The van der Waals surface area contributed by atoms with E-state index in [-0.39, 0.29) is 0 Å². The quantitative estimate of drug-likeness (QED) is 0.792. The number of para-hydroxylation sites is 1. The number of pyridine rings is 1. The average Bonchev–Trinajstić information content (AvgIpc) is 2.74. The third kappa shape index (κ3) is 3.82. The van der Waals surface area contributed by atoms with Crippen LogP contribution < -0.4 is 0 Å². The highest BCUT2D eigenvalue weighted by molar-refractivity contribution is 9.09. The topological polar surface area (TPSA) is 19.4 Å². The molecule has 0 unspecified atom stereocenters. The monoisotopic (exact) mass is 347 g/mol. The maximum Gasteiger partial charge on any atom is 0.0746 e. The van der Waals surface area contributed by atoms with Gasteiger partial charge in [0.05, 0.1) is 5.52 Å². The molecule has 0 N–H and O–H groups in total. The molecule has 0 spiro atoms. The molecule has 2 heterocycles. The fourth-order valence-electron chi connectivity index (χ4n) is 3.06. The SMILES string of the molecule is BrCCN1CCCN(Cc2cccc3cccnc23)CC1. The summed E-state index contributed by atoms with van der Waals surface area (Å²) in [6.07, 6.45) is 3.15. The number of hydrogen-bond acceptors (Lipinski definition) is 3. The second-order valence-corrected chi connectivity index (χ2v) is 6.45. The second kappa shape index (κ2) is 7.34. The van der Waals surface area contributed by atoms with Crippen LogP contribution in [0.4, 0.5) is 0 Å². The third-order valence-electron chi connectivity index (χ3n) is 4.19. The summed E-state index contributed by atoms with van der Waals surface area (Å²) in [7, 11) is 0. The minimum atomic E-state index is 1.01. The van der Waals surface area contributed by atoms with Gasteiger partial charge in [-0.25, -0.2) is 0 Å². The van der Waals surface area contributed by atoms with E-state index in [0.717, 1.165) is 30.5 Å². The lowest BCUT2D eigenvalue weighted by atomic mass is 10.1. The number of benzene rings is 1. The fourth-order valence-corrected chi connectivity index (χ4v) is 3.56. The molecule has 1 aliphatic rings. The van der Waals surface area contributed by atoms with Crippen LogP contribution in [0.1, 0.15) is 12.0 Å². The summed E-state index contributed by atoms with van der Waals surface area (Å²) < 4.78 is 0. The maximum atomic E-state index is 4.57. The molecule has 0 saturated carbocycles. The van der Waals surface area contributed by atoms with Crippen molar-refractivity contribution < 1.29 is 0 Å². The summed E-state index contributed by atoms with van der Waals surface area (Å²) in [5.41, 5.74) is 2.50. The van der Waals surface area contributed by atoms with Gasteiger partial charge in [0.2, 0.25) is 0 Å². The normalized spacial score (nSPS) is 18.0. The van der Waals surface area contributed by atoms with Gasteiger partial charge in [-0.2, -0.15) is 0 Å². The van der Waals surface area contributed by atoms with E-state index >= 15 is 0 Å². The molecule has 3 nitrogen and oxygen atoms in total. The van der Waals surface area contributed by atoms with Crippen molar-refractivity contribution in [2.24, 2.45) is 0 Å². The highest BCUT2D eigenvalue weighted by Gasteiger charge is 2.15. The van der Waals surface area contributed by atoms with Crippen molar-refractivity contribution in [3.8, 4) is 0 Å². The predicted octanol–water partition coefficient (Wildman–Crippen LogP) is 3.14. The van der Waals surface area contributed by atoms with E-state index in [9.17, 15) is 0 Å². The second-order valence-electron chi connectivity index (χ2n) is 5.65. The molecule has 1 aromatic heterocycles. The molecule has 112 valence electrons. The summed E-state index contributed by atoms with van der Waals surface area (Å²) in [6, 6.07) is 10.7. The Morgan fingerprint density at radius 3 is 2.71 bits per heavy atom. The molecule has 1 aliphatic heterocycles. The van der Waals surface area contributed by atoms with E-state index in [4.69, 9.17) is 0 Å². The van der Waals surface area contributed by atoms with Crippen LogP contribution in [0.15, 0.2) is 36.5 Å². The first-order valence-corrected chi connectivity index (χ1v) is 8.82. The summed E-state index contributed by atoms with van der Waals surface area (Å²) in [6.45, 7) is 6.89. The standard InChI is InChI=1S/C17H22BrN3/c18-7-11-20-9-3-10-21(13-12-20)14-16-5-1-4-15-6-2-8-19-17(15)16/h1-2,4-6,8H,3,7,9-14H2. The molecule has 4 heteroatoms. The minimum absolute atomic E-state index is 1.01. The first kappa shape index (κ1) is 14.9. The molecule has 21 heavy (non-hydrogen) atoms. The molecule has 0 radical (unpaired) electrons. The van der Waals surface area contributed by atoms with Crippen molar-refractivity contribution in [2.75, 3.05) is 38.1 Å². The van der Waals surface area contributed by atoms with Gasteiger partial charge in [0.25, 0.3) is 0 Å². The average molecular weight is 348 g/mol. The summed E-state index contributed by atoms with van der Waals surface area (Å²) in [5.74, 6) is 0. The Kier molecular flexibility index (Phi) is 5.22. The van der Waals surface area contributed by atoms with E-state index in [2.05, 4.69) is 55.0 Å². The van der Waals surface area contributed by atoms with Crippen LogP contribution in [-0.2, 0) is 6.54 Å². The highest BCUT2D eigenvalue weighted by Crippen LogP contribution is 2.18. The molecular weight excluding hydrogens is 326 g/mol. The van der Waals surface area contributed by atoms with Crippen molar-refractivity contribution in [3.05, 3.63) is 42.1 Å². The van der Waals surface area contributed by atoms with Gasteiger partial charge in [-0.3, -0.25) is 9.88 Å². The summed E-state index contributed by atoms with van der Waals surface area (Å²) in [4.78, 5) is 9.69. The smallest absolute Gasteiger partial charge is 0.0746 e. The van der Waals surface area contributed by atoms with Crippen LogP contribution in [0.5, 0.6) is 0 Å². The van der Waals surface area contributed by atoms with Gasteiger partial charge in [-0.15, -0.1) is 0 Å². The lowest BCUT2D eigenvalue weighted by Gasteiger charge is -2.21. The fraction of sp³-hybridized carbons (Fsp3) is 0.471. The van der Waals surface area contributed by atoms with Gasteiger partial charge in [0.15, 0.2) is 0 Å². The maximum absolute atomic E-state index is 4.57. The molecule has 2 aromatic rings. The molecule has 1 saturated heterocycles. The molecule has 1 aromatic carbocycles. The third-order valence-corrected chi connectivity index (χ3v) is 4.55. The zero-order chi connectivity index (χ0) is 14.5. The van der Waals surface area contributed by atoms with Crippen LogP contribution in [0.3, 0.4) is 0 Å². The van der Waals surface area contributed by atoms with Gasteiger partial charge >= 0.3 is 0 Å². The number of fused-ring (bicyclic) bond motifs is 1. The Labute approximate surface area is 135 Å². The van der Waals surface area contributed by atoms with E-state index in [1.807, 2.05) is 12.3 Å². The summed E-state index contributed by atoms with van der Waals surface area (Å²) in [5, 5.41) is 2.31. The molecule has 0 amide bonds. The Bertz CT molecular complexity index is 582. The van der Waals surface area contributed by atoms with Gasteiger partial charge < -0.3 is 4.90 Å². The van der Waals surface area contributed by atoms with Gasteiger partial charge in [0, 0.05) is 43.1 Å². The molecule has 3 rings (SSSR count). The number of aromatic nitrogens is 1. The van der Waals surface area contributed by atoms with Gasteiger partial charge in [-0.05, 0) is 31.1 Å². The van der Waals surface area contributed by atoms with Gasteiger partial charge in [-0.1, -0.05) is 40.2 Å². The Morgan fingerprint density at radius 2 is 1.81 bits per heavy atom. The van der Waals surface area contributed by atoms with E-state index in [0.29, 0.717) is 0 Å². The van der Waals surface area contributed by atoms with E-state index in [1.54, 1.807) is 0 Å². The van der Waals surface area contributed by atoms with Crippen molar-refractivity contribution in [1.82, 2.24) is 14.8 Å². The molecule has 0 aliphatic carbocycles. The van der Waals surface area contributed by atoms with Gasteiger partial charge in [0.1, 0.15) is 0 Å². The first-order chi connectivity index (χ1) is 10.4. The Hall–Kier alpha value is -0.970. The van der Waals surface area contributed by atoms with Crippen LogP contribution in [0.2, 0.25) is 0 Å². The van der Waals surface area contributed by atoms with Crippen LogP contribution in [-0.4, -0.2) is 52.8 Å². The van der Waals surface area contributed by atoms with Crippen LogP contribution >= 0.6 is 15.9 Å². The first-order valence-electron chi connectivity index (χ1n) is 7.70.